The summed E-state index contributed by atoms with van der Waals surface area (Å²) in [5, 5.41) is 3.04. The van der Waals surface area contributed by atoms with Crippen molar-refractivity contribution < 1.29 is 4.79 Å². The second kappa shape index (κ2) is 7.72. The number of carbonyl (C=O) groups excluding carboxylic acids is 1. The maximum absolute atomic E-state index is 12.3. The first-order valence-corrected chi connectivity index (χ1v) is 7.30. The highest BCUT2D eigenvalue weighted by molar-refractivity contribution is 5.81. The van der Waals surface area contributed by atoms with Crippen LogP contribution in [0.25, 0.3) is 0 Å². The largest absolute Gasteiger partial charge is 0.354 e. The van der Waals surface area contributed by atoms with E-state index >= 15 is 0 Å². The monoisotopic (exact) mass is 270 g/mol. The molecule has 0 bridgehead atoms. The number of terminal acetylenes is 1. The fourth-order valence-corrected chi connectivity index (χ4v) is 2.69. The highest BCUT2D eigenvalue weighted by atomic mass is 16.2. The lowest BCUT2D eigenvalue weighted by atomic mass is 10.0. The molecule has 0 aliphatic carbocycles. The number of hydrogen-bond donors (Lipinski definition) is 1. The molecule has 0 saturated carbocycles. The van der Waals surface area contributed by atoms with Gasteiger partial charge >= 0.3 is 0 Å². The second-order valence-corrected chi connectivity index (χ2v) is 5.21. The van der Waals surface area contributed by atoms with E-state index in [1.165, 1.54) is 5.56 Å². The molecular formula is C17H22N2O. The van der Waals surface area contributed by atoms with Crippen LogP contribution in [0.3, 0.4) is 0 Å². The van der Waals surface area contributed by atoms with E-state index in [2.05, 4.69) is 28.3 Å². The maximum atomic E-state index is 12.3. The summed E-state index contributed by atoms with van der Waals surface area (Å²) in [4.78, 5) is 14.4. The quantitative estimate of drug-likeness (QED) is 0.828. The van der Waals surface area contributed by atoms with Crippen LogP contribution in [0.1, 0.15) is 24.8 Å². The molecule has 106 valence electrons. The van der Waals surface area contributed by atoms with Gasteiger partial charge in [-0.15, -0.1) is 6.42 Å². The van der Waals surface area contributed by atoms with E-state index in [0.717, 1.165) is 32.2 Å². The highest BCUT2D eigenvalue weighted by Gasteiger charge is 2.27. The number of carbonyl (C=O) groups is 1. The minimum absolute atomic E-state index is 0.0458. The Kier molecular flexibility index (Phi) is 5.64. The van der Waals surface area contributed by atoms with Crippen LogP contribution in [0.15, 0.2) is 30.3 Å². The third-order valence-electron chi connectivity index (χ3n) is 3.77. The van der Waals surface area contributed by atoms with Gasteiger partial charge in [-0.1, -0.05) is 42.7 Å². The van der Waals surface area contributed by atoms with Crippen molar-refractivity contribution in [2.75, 3.05) is 19.6 Å². The molecule has 1 atom stereocenters. The van der Waals surface area contributed by atoms with Crippen LogP contribution in [-0.2, 0) is 11.2 Å². The molecule has 2 rings (SSSR count). The average molecular weight is 270 g/mol. The molecule has 1 aliphatic rings. The Morgan fingerprint density at radius 2 is 2.15 bits per heavy atom. The molecule has 3 nitrogen and oxygen atoms in total. The van der Waals surface area contributed by atoms with Crippen molar-refractivity contribution in [3.05, 3.63) is 35.9 Å². The third-order valence-corrected chi connectivity index (χ3v) is 3.77. The van der Waals surface area contributed by atoms with E-state index in [0.29, 0.717) is 13.1 Å². The smallest absolute Gasteiger partial charge is 0.237 e. The van der Waals surface area contributed by atoms with E-state index in [1.807, 2.05) is 18.2 Å². The number of rotatable bonds is 5. The normalized spacial score (nSPS) is 19.2. The summed E-state index contributed by atoms with van der Waals surface area (Å²) in [5.41, 5.74) is 1.25. The van der Waals surface area contributed by atoms with Crippen LogP contribution in [0.5, 0.6) is 0 Å². The van der Waals surface area contributed by atoms with Gasteiger partial charge in [-0.25, -0.2) is 0 Å². The first-order chi connectivity index (χ1) is 9.81. The SMILES string of the molecule is C#CCN1CCCCC1C(=O)NCCc1ccccc1. The number of amides is 1. The van der Waals surface area contributed by atoms with Gasteiger partial charge in [0.25, 0.3) is 0 Å². The molecule has 1 N–H and O–H groups in total. The first-order valence-electron chi connectivity index (χ1n) is 7.30. The molecule has 0 aromatic heterocycles. The van der Waals surface area contributed by atoms with Crippen LogP contribution in [0, 0.1) is 12.3 Å². The zero-order valence-electron chi connectivity index (χ0n) is 11.8. The Morgan fingerprint density at radius 1 is 1.35 bits per heavy atom. The number of nitrogens with zero attached hydrogens (tertiary/aromatic N) is 1. The van der Waals surface area contributed by atoms with Gasteiger partial charge in [0.15, 0.2) is 0 Å². The number of piperidine rings is 1. The fraction of sp³-hybridized carbons (Fsp3) is 0.471. The molecule has 1 unspecified atom stereocenters. The lowest BCUT2D eigenvalue weighted by Gasteiger charge is -2.33. The van der Waals surface area contributed by atoms with E-state index in [1.54, 1.807) is 0 Å². The number of benzene rings is 1. The third kappa shape index (κ3) is 4.11. The fourth-order valence-electron chi connectivity index (χ4n) is 2.69. The molecule has 1 aromatic carbocycles. The second-order valence-electron chi connectivity index (χ2n) is 5.21. The Hall–Kier alpha value is -1.79. The van der Waals surface area contributed by atoms with Gasteiger partial charge in [0.1, 0.15) is 0 Å². The van der Waals surface area contributed by atoms with Gasteiger partial charge in [0.2, 0.25) is 5.91 Å². The molecule has 1 fully saturated rings. The minimum Gasteiger partial charge on any atom is -0.354 e. The van der Waals surface area contributed by atoms with Crippen molar-refractivity contribution in [3.8, 4) is 12.3 Å². The molecular weight excluding hydrogens is 248 g/mol. The van der Waals surface area contributed by atoms with E-state index in [-0.39, 0.29) is 11.9 Å². The Bertz CT molecular complexity index is 464. The van der Waals surface area contributed by atoms with Crippen molar-refractivity contribution in [1.29, 1.82) is 0 Å². The molecule has 0 radical (unpaired) electrons. The summed E-state index contributed by atoms with van der Waals surface area (Å²) in [5.74, 6) is 2.77. The first kappa shape index (κ1) is 14.6. The topological polar surface area (TPSA) is 32.3 Å². The van der Waals surface area contributed by atoms with Gasteiger partial charge in [-0.3, -0.25) is 9.69 Å². The molecule has 1 heterocycles. The molecule has 1 aromatic rings. The van der Waals surface area contributed by atoms with Crippen LogP contribution in [0.4, 0.5) is 0 Å². The summed E-state index contributed by atoms with van der Waals surface area (Å²) in [6.07, 6.45) is 9.40. The summed E-state index contributed by atoms with van der Waals surface area (Å²) in [6, 6.07) is 10.2. The predicted octanol–water partition coefficient (Wildman–Crippen LogP) is 1.83. The zero-order valence-corrected chi connectivity index (χ0v) is 11.8. The van der Waals surface area contributed by atoms with E-state index in [4.69, 9.17) is 6.42 Å². The van der Waals surface area contributed by atoms with Crippen LogP contribution >= 0.6 is 0 Å². The summed E-state index contributed by atoms with van der Waals surface area (Å²) >= 11 is 0. The van der Waals surface area contributed by atoms with E-state index in [9.17, 15) is 4.79 Å². The van der Waals surface area contributed by atoms with Crippen molar-refractivity contribution >= 4 is 5.91 Å². The van der Waals surface area contributed by atoms with Crippen molar-refractivity contribution in [2.24, 2.45) is 0 Å². The van der Waals surface area contributed by atoms with E-state index < -0.39 is 0 Å². The Labute approximate surface area is 121 Å². The van der Waals surface area contributed by atoms with Crippen LogP contribution in [0.2, 0.25) is 0 Å². The number of likely N-dealkylation sites (tertiary alicyclic amines) is 1. The lowest BCUT2D eigenvalue weighted by molar-refractivity contribution is -0.127. The molecule has 20 heavy (non-hydrogen) atoms. The van der Waals surface area contributed by atoms with Gasteiger partial charge in [-0.2, -0.15) is 0 Å². The standard InChI is InChI=1S/C17H22N2O/c1-2-13-19-14-7-6-10-16(19)17(20)18-12-11-15-8-4-3-5-9-15/h1,3-5,8-9,16H,6-7,10-14H2,(H,18,20). The van der Waals surface area contributed by atoms with Crippen LogP contribution < -0.4 is 5.32 Å². The zero-order chi connectivity index (χ0) is 14.2. The van der Waals surface area contributed by atoms with Crippen LogP contribution in [-0.4, -0.2) is 36.5 Å². The molecule has 1 saturated heterocycles. The van der Waals surface area contributed by atoms with Crippen molar-refractivity contribution in [3.63, 3.8) is 0 Å². The van der Waals surface area contributed by atoms with Crippen molar-refractivity contribution in [1.82, 2.24) is 10.2 Å². The Morgan fingerprint density at radius 3 is 2.90 bits per heavy atom. The van der Waals surface area contributed by atoms with Gasteiger partial charge in [0.05, 0.1) is 12.6 Å². The van der Waals surface area contributed by atoms with Gasteiger partial charge < -0.3 is 5.32 Å². The summed E-state index contributed by atoms with van der Waals surface area (Å²) in [7, 11) is 0. The molecule has 3 heteroatoms. The number of nitrogens with one attached hydrogen (secondary N) is 1. The minimum atomic E-state index is -0.0458. The lowest BCUT2D eigenvalue weighted by Crippen LogP contribution is -2.49. The molecule has 1 aliphatic heterocycles. The predicted molar refractivity (Wildman–Crippen MR) is 81.2 cm³/mol. The summed E-state index contributed by atoms with van der Waals surface area (Å²) in [6.45, 7) is 2.18. The Balaban J connectivity index is 1.80. The average Bonchev–Trinajstić information content (AvgIpc) is 2.49. The van der Waals surface area contributed by atoms with Crippen molar-refractivity contribution in [2.45, 2.75) is 31.7 Å². The highest BCUT2D eigenvalue weighted by Crippen LogP contribution is 2.16. The number of hydrogen-bond acceptors (Lipinski definition) is 2. The van der Waals surface area contributed by atoms with Gasteiger partial charge in [-0.05, 0) is 31.4 Å². The summed E-state index contributed by atoms with van der Waals surface area (Å²) < 4.78 is 0. The maximum Gasteiger partial charge on any atom is 0.237 e. The van der Waals surface area contributed by atoms with Gasteiger partial charge in [0, 0.05) is 6.54 Å². The molecule has 0 spiro atoms. The molecule has 1 amide bonds.